The third-order valence-corrected chi connectivity index (χ3v) is 3.96. The van der Waals surface area contributed by atoms with Gasteiger partial charge in [0.25, 0.3) is 0 Å². The summed E-state index contributed by atoms with van der Waals surface area (Å²) in [4.78, 5) is 13.7. The van der Waals surface area contributed by atoms with Crippen molar-refractivity contribution in [1.82, 2.24) is 15.5 Å². The third-order valence-electron chi connectivity index (χ3n) is 3.66. The molecule has 116 valence electrons. The van der Waals surface area contributed by atoms with Crippen LogP contribution in [-0.2, 0) is 11.3 Å². The number of rotatable bonds is 4. The van der Waals surface area contributed by atoms with Crippen LogP contribution in [0, 0.1) is 5.82 Å². The Hall–Kier alpha value is -1.24. The number of nitrogens with zero attached hydrogens (tertiary/aromatic N) is 1. The first-order valence-corrected chi connectivity index (χ1v) is 7.04. The Bertz CT molecular complexity index is 527. The minimum absolute atomic E-state index is 0.00298. The molecule has 4 nitrogen and oxygen atoms in total. The molecule has 1 fully saturated rings. The van der Waals surface area contributed by atoms with E-state index in [1.165, 1.54) is 12.1 Å². The van der Waals surface area contributed by atoms with Crippen molar-refractivity contribution >= 4 is 17.5 Å². The SMILES string of the molecule is CN(C)[C@@H]1CN[C@H](C(=O)NCc2cccc(Cl)c2F)[C@@H]1F. The number of nitrogens with one attached hydrogen (secondary N) is 2. The summed E-state index contributed by atoms with van der Waals surface area (Å²) in [5.41, 5.74) is 0.272. The fourth-order valence-electron chi connectivity index (χ4n) is 2.38. The van der Waals surface area contributed by atoms with E-state index in [1.54, 1.807) is 25.1 Å². The normalized spacial score (nSPS) is 25.3. The van der Waals surface area contributed by atoms with Crippen LogP contribution >= 0.6 is 11.6 Å². The van der Waals surface area contributed by atoms with Crippen LogP contribution in [0.4, 0.5) is 8.78 Å². The molecule has 7 heteroatoms. The van der Waals surface area contributed by atoms with Crippen molar-refractivity contribution in [1.29, 1.82) is 0 Å². The van der Waals surface area contributed by atoms with E-state index in [4.69, 9.17) is 11.6 Å². The van der Waals surface area contributed by atoms with Gasteiger partial charge in [-0.2, -0.15) is 0 Å². The van der Waals surface area contributed by atoms with Gasteiger partial charge >= 0.3 is 0 Å². The van der Waals surface area contributed by atoms with Gasteiger partial charge in [-0.3, -0.25) is 4.79 Å². The van der Waals surface area contributed by atoms with Crippen LogP contribution < -0.4 is 10.6 Å². The first-order valence-electron chi connectivity index (χ1n) is 6.66. The summed E-state index contributed by atoms with van der Waals surface area (Å²) in [6.45, 7) is 0.376. The average Bonchev–Trinajstić information content (AvgIpc) is 2.82. The molecule has 0 spiro atoms. The van der Waals surface area contributed by atoms with Crippen molar-refractivity contribution in [2.24, 2.45) is 0 Å². The minimum atomic E-state index is -1.30. The molecule has 21 heavy (non-hydrogen) atoms. The second-order valence-electron chi connectivity index (χ2n) is 5.29. The first kappa shape index (κ1) is 16.1. The van der Waals surface area contributed by atoms with E-state index in [0.29, 0.717) is 6.54 Å². The largest absolute Gasteiger partial charge is 0.350 e. The van der Waals surface area contributed by atoms with Crippen LogP contribution in [0.25, 0.3) is 0 Å². The molecule has 0 bridgehead atoms. The lowest BCUT2D eigenvalue weighted by Gasteiger charge is -2.21. The van der Waals surface area contributed by atoms with Crippen molar-refractivity contribution in [3.05, 3.63) is 34.6 Å². The molecule has 1 aliphatic heterocycles. The molecular formula is C14H18ClF2N3O. The number of amides is 1. The van der Waals surface area contributed by atoms with Crippen LogP contribution in [0.1, 0.15) is 5.56 Å². The maximum Gasteiger partial charge on any atom is 0.240 e. The smallest absolute Gasteiger partial charge is 0.240 e. The van der Waals surface area contributed by atoms with E-state index in [9.17, 15) is 13.6 Å². The summed E-state index contributed by atoms with van der Waals surface area (Å²) >= 11 is 5.67. The number of carbonyl (C=O) groups excluding carboxylic acids is 1. The molecular weight excluding hydrogens is 300 g/mol. The Morgan fingerprint density at radius 3 is 2.86 bits per heavy atom. The summed E-state index contributed by atoms with van der Waals surface area (Å²) in [5.74, 6) is -1.05. The zero-order chi connectivity index (χ0) is 15.6. The molecule has 1 amide bonds. The molecule has 1 aliphatic rings. The number of hydrogen-bond acceptors (Lipinski definition) is 3. The van der Waals surface area contributed by atoms with Gasteiger partial charge in [-0.25, -0.2) is 8.78 Å². The van der Waals surface area contributed by atoms with Crippen molar-refractivity contribution in [2.75, 3.05) is 20.6 Å². The predicted octanol–water partition coefficient (Wildman–Crippen LogP) is 1.34. The van der Waals surface area contributed by atoms with Gasteiger partial charge < -0.3 is 15.5 Å². The molecule has 0 aromatic heterocycles. The van der Waals surface area contributed by atoms with Crippen LogP contribution in [0.5, 0.6) is 0 Å². The van der Waals surface area contributed by atoms with E-state index in [-0.39, 0.29) is 23.2 Å². The summed E-state index contributed by atoms with van der Waals surface area (Å²) in [5, 5.41) is 5.39. The second kappa shape index (κ2) is 6.68. The highest BCUT2D eigenvalue weighted by Gasteiger charge is 2.41. The van der Waals surface area contributed by atoms with Gasteiger partial charge in [0.2, 0.25) is 5.91 Å². The molecule has 0 unspecified atom stereocenters. The molecule has 3 atom stereocenters. The molecule has 0 aliphatic carbocycles. The first-order chi connectivity index (χ1) is 9.91. The summed E-state index contributed by atoms with van der Waals surface area (Å²) in [6, 6.07) is 3.29. The topological polar surface area (TPSA) is 44.4 Å². The van der Waals surface area contributed by atoms with Crippen molar-refractivity contribution in [3.63, 3.8) is 0 Å². The average molecular weight is 318 g/mol. The van der Waals surface area contributed by atoms with Gasteiger partial charge in [0.1, 0.15) is 18.0 Å². The molecule has 1 heterocycles. The number of benzene rings is 1. The summed E-state index contributed by atoms with van der Waals surface area (Å²) in [7, 11) is 3.53. The molecule has 0 radical (unpaired) electrons. The number of carbonyl (C=O) groups is 1. The predicted molar refractivity (Wildman–Crippen MR) is 77.4 cm³/mol. The van der Waals surface area contributed by atoms with Gasteiger partial charge in [0.15, 0.2) is 0 Å². The van der Waals surface area contributed by atoms with Gasteiger partial charge in [-0.15, -0.1) is 0 Å². The Kier molecular flexibility index (Phi) is 5.13. The van der Waals surface area contributed by atoms with Crippen LogP contribution in [0.2, 0.25) is 5.02 Å². The Balaban J connectivity index is 1.95. The fraction of sp³-hybridized carbons (Fsp3) is 0.500. The Morgan fingerprint density at radius 2 is 2.24 bits per heavy atom. The Labute approximate surface area is 127 Å². The van der Waals surface area contributed by atoms with E-state index < -0.39 is 23.9 Å². The third kappa shape index (κ3) is 3.51. The molecule has 1 saturated heterocycles. The van der Waals surface area contributed by atoms with E-state index in [0.717, 1.165) is 0 Å². The molecule has 1 aromatic carbocycles. The zero-order valence-corrected chi connectivity index (χ0v) is 12.6. The van der Waals surface area contributed by atoms with Crippen LogP contribution in [0.3, 0.4) is 0 Å². The number of hydrogen-bond donors (Lipinski definition) is 2. The van der Waals surface area contributed by atoms with Gasteiger partial charge in [-0.05, 0) is 20.2 Å². The zero-order valence-electron chi connectivity index (χ0n) is 11.9. The highest BCUT2D eigenvalue weighted by molar-refractivity contribution is 6.30. The van der Waals surface area contributed by atoms with Gasteiger partial charge in [0, 0.05) is 18.7 Å². The maximum atomic E-state index is 14.2. The molecule has 0 saturated carbocycles. The lowest BCUT2D eigenvalue weighted by Crippen LogP contribution is -2.46. The molecule has 2 rings (SSSR count). The lowest BCUT2D eigenvalue weighted by atomic mass is 10.1. The van der Waals surface area contributed by atoms with Gasteiger partial charge in [-0.1, -0.05) is 23.7 Å². The maximum absolute atomic E-state index is 14.2. The summed E-state index contributed by atoms with van der Waals surface area (Å²) < 4.78 is 27.9. The number of halogens is 3. The molecule has 1 aromatic rings. The summed E-state index contributed by atoms with van der Waals surface area (Å²) in [6.07, 6.45) is -1.30. The standard InChI is InChI=1S/C14H18ClF2N3O/c1-20(2)10-7-18-13(12(10)17)14(21)19-6-8-4-3-5-9(15)11(8)16/h3-5,10,12-13,18H,6-7H2,1-2H3,(H,19,21)/t10-,12-,13+/m1/s1. The van der Waals surface area contributed by atoms with Gasteiger partial charge in [0.05, 0.1) is 11.1 Å². The van der Waals surface area contributed by atoms with Crippen molar-refractivity contribution in [2.45, 2.75) is 24.8 Å². The van der Waals surface area contributed by atoms with E-state index >= 15 is 0 Å². The minimum Gasteiger partial charge on any atom is -0.350 e. The van der Waals surface area contributed by atoms with Crippen molar-refractivity contribution in [3.8, 4) is 0 Å². The fourth-order valence-corrected chi connectivity index (χ4v) is 2.57. The number of alkyl halides is 1. The highest BCUT2D eigenvalue weighted by Crippen LogP contribution is 2.19. The number of likely N-dealkylation sites (N-methyl/N-ethyl adjacent to an activating group) is 1. The van der Waals surface area contributed by atoms with E-state index in [2.05, 4.69) is 10.6 Å². The second-order valence-corrected chi connectivity index (χ2v) is 5.70. The monoisotopic (exact) mass is 317 g/mol. The Morgan fingerprint density at radius 1 is 1.52 bits per heavy atom. The van der Waals surface area contributed by atoms with E-state index in [1.807, 2.05) is 0 Å². The van der Waals surface area contributed by atoms with Crippen LogP contribution in [-0.4, -0.2) is 49.7 Å². The highest BCUT2D eigenvalue weighted by atomic mass is 35.5. The molecule has 2 N–H and O–H groups in total. The quantitative estimate of drug-likeness (QED) is 0.881. The lowest BCUT2D eigenvalue weighted by molar-refractivity contribution is -0.124. The van der Waals surface area contributed by atoms with Crippen molar-refractivity contribution < 1.29 is 13.6 Å². The van der Waals surface area contributed by atoms with Crippen LogP contribution in [0.15, 0.2) is 18.2 Å².